The number of hydrogen-bond acceptors (Lipinski definition) is 3. The third-order valence-electron chi connectivity index (χ3n) is 5.17. The van der Waals surface area contributed by atoms with E-state index in [0.717, 1.165) is 25.5 Å². The molecule has 0 heterocycles. The van der Waals surface area contributed by atoms with Crippen LogP contribution in [-0.2, 0) is 4.84 Å². The van der Waals surface area contributed by atoms with Crippen LogP contribution < -0.4 is 5.48 Å². The van der Waals surface area contributed by atoms with Crippen molar-refractivity contribution >= 4 is 5.96 Å². The van der Waals surface area contributed by atoms with E-state index in [4.69, 9.17) is 4.84 Å². The van der Waals surface area contributed by atoms with E-state index in [1.54, 1.807) is 7.11 Å². The largest absolute Gasteiger partial charge is 0.347 e. The summed E-state index contributed by atoms with van der Waals surface area (Å²) in [6.07, 6.45) is 17.6. The number of guanidine groups is 1. The molecule has 0 aromatic carbocycles. The Balaban J connectivity index is 4.17. The van der Waals surface area contributed by atoms with E-state index in [-0.39, 0.29) is 0 Å². The predicted octanol–water partition coefficient (Wildman–Crippen LogP) is 5.47. The van der Waals surface area contributed by atoms with Gasteiger partial charge in [-0.05, 0) is 38.9 Å². The van der Waals surface area contributed by atoms with Crippen molar-refractivity contribution < 1.29 is 4.84 Å². The molecule has 1 N–H and O–H groups in total. The second-order valence-electron chi connectivity index (χ2n) is 8.14. The second kappa shape index (κ2) is 20.9. The fraction of sp³-hybridized carbons (Fsp3) is 0.957. The number of nitrogens with zero attached hydrogens (tertiary/aromatic N) is 3. The quantitative estimate of drug-likeness (QED) is 0.136. The Hall–Kier alpha value is -0.810. The molecule has 0 aliphatic heterocycles. The second-order valence-corrected chi connectivity index (χ2v) is 8.14. The van der Waals surface area contributed by atoms with Crippen molar-refractivity contribution in [3.05, 3.63) is 0 Å². The van der Waals surface area contributed by atoms with Gasteiger partial charge in [0.15, 0.2) is 0 Å². The third-order valence-corrected chi connectivity index (χ3v) is 5.17. The van der Waals surface area contributed by atoms with Crippen LogP contribution in [0, 0.1) is 0 Å². The zero-order valence-electron chi connectivity index (χ0n) is 19.8. The summed E-state index contributed by atoms with van der Waals surface area (Å²) in [6, 6.07) is 0. The van der Waals surface area contributed by atoms with E-state index in [9.17, 15) is 0 Å². The first-order valence-electron chi connectivity index (χ1n) is 11.9. The summed E-state index contributed by atoms with van der Waals surface area (Å²) in [7, 11) is 5.59. The van der Waals surface area contributed by atoms with Gasteiger partial charge < -0.3 is 9.80 Å². The fourth-order valence-electron chi connectivity index (χ4n) is 3.40. The van der Waals surface area contributed by atoms with Crippen LogP contribution in [-0.4, -0.2) is 63.1 Å². The molecule has 28 heavy (non-hydrogen) atoms. The monoisotopic (exact) mass is 398 g/mol. The molecule has 168 valence electrons. The van der Waals surface area contributed by atoms with Crippen molar-refractivity contribution in [2.45, 2.75) is 97.3 Å². The lowest BCUT2D eigenvalue weighted by molar-refractivity contribution is 0.134. The molecule has 0 aromatic rings. The minimum absolute atomic E-state index is 0.792. The van der Waals surface area contributed by atoms with Gasteiger partial charge in [0.25, 0.3) is 0 Å². The molecule has 0 rings (SSSR count). The summed E-state index contributed by atoms with van der Waals surface area (Å²) < 4.78 is 0. The van der Waals surface area contributed by atoms with Gasteiger partial charge in [0.2, 0.25) is 5.96 Å². The number of aliphatic imine (C=N–C) groups is 1. The fourth-order valence-corrected chi connectivity index (χ4v) is 3.40. The van der Waals surface area contributed by atoms with Gasteiger partial charge in [-0.1, -0.05) is 78.1 Å². The molecule has 0 saturated carbocycles. The van der Waals surface area contributed by atoms with Crippen LogP contribution in [0.1, 0.15) is 97.3 Å². The number of hydroxylamine groups is 1. The van der Waals surface area contributed by atoms with E-state index in [1.807, 2.05) is 19.0 Å². The number of rotatable bonds is 19. The summed E-state index contributed by atoms with van der Waals surface area (Å²) in [6.45, 7) is 9.07. The molecular weight excluding hydrogens is 348 g/mol. The van der Waals surface area contributed by atoms with Crippen LogP contribution >= 0.6 is 0 Å². The average molecular weight is 399 g/mol. The maximum atomic E-state index is 5.00. The van der Waals surface area contributed by atoms with Gasteiger partial charge in [0.1, 0.15) is 0 Å². The lowest BCUT2D eigenvalue weighted by Crippen LogP contribution is -2.36. The van der Waals surface area contributed by atoms with Gasteiger partial charge in [-0.25, -0.2) is 5.48 Å². The van der Waals surface area contributed by atoms with E-state index in [2.05, 4.69) is 29.2 Å². The highest BCUT2D eigenvalue weighted by Crippen LogP contribution is 2.09. The van der Waals surface area contributed by atoms with E-state index < -0.39 is 0 Å². The molecule has 0 aromatic heterocycles. The van der Waals surface area contributed by atoms with E-state index in [0.29, 0.717) is 0 Å². The van der Waals surface area contributed by atoms with Crippen LogP contribution in [0.25, 0.3) is 0 Å². The molecule has 0 saturated heterocycles. The minimum Gasteiger partial charge on any atom is -0.347 e. The Labute approximate surface area is 176 Å². The highest BCUT2D eigenvalue weighted by Gasteiger charge is 2.06. The molecule has 0 fully saturated rings. The Morgan fingerprint density at radius 3 is 1.64 bits per heavy atom. The SMILES string of the molecule is CCCCCCCCN(CCCCCCCC)CCCN=C(NOC)N(C)C. The van der Waals surface area contributed by atoms with Crippen LogP contribution in [0.3, 0.4) is 0 Å². The zero-order valence-corrected chi connectivity index (χ0v) is 19.8. The molecule has 5 nitrogen and oxygen atoms in total. The van der Waals surface area contributed by atoms with Crippen LogP contribution in [0.15, 0.2) is 4.99 Å². The van der Waals surface area contributed by atoms with Crippen molar-refractivity contribution in [3.8, 4) is 0 Å². The molecule has 0 aliphatic rings. The standard InChI is InChI=1S/C23H50N4O/c1-6-8-10-12-14-16-20-27(21-17-15-13-11-9-7-2)22-18-19-24-23(25-28-5)26(3)4/h6-22H2,1-5H3,(H,24,25). The third kappa shape index (κ3) is 17.3. The van der Waals surface area contributed by atoms with E-state index in [1.165, 1.54) is 90.1 Å². The van der Waals surface area contributed by atoms with Gasteiger partial charge in [-0.2, -0.15) is 0 Å². The predicted molar refractivity (Wildman–Crippen MR) is 124 cm³/mol. The molecular formula is C23H50N4O. The average Bonchev–Trinajstić information content (AvgIpc) is 2.68. The molecule has 0 atom stereocenters. The first-order chi connectivity index (χ1) is 13.7. The summed E-state index contributed by atoms with van der Waals surface area (Å²) >= 11 is 0. The Morgan fingerprint density at radius 2 is 1.18 bits per heavy atom. The topological polar surface area (TPSA) is 40.1 Å². The summed E-state index contributed by atoms with van der Waals surface area (Å²) in [5.41, 5.74) is 2.85. The van der Waals surface area contributed by atoms with Crippen LogP contribution in [0.4, 0.5) is 0 Å². The maximum Gasteiger partial charge on any atom is 0.217 e. The molecule has 5 heteroatoms. The summed E-state index contributed by atoms with van der Waals surface area (Å²) in [5, 5.41) is 0. The number of nitrogens with one attached hydrogen (secondary N) is 1. The van der Waals surface area contributed by atoms with Gasteiger partial charge in [0, 0.05) is 20.6 Å². The summed E-state index contributed by atoms with van der Waals surface area (Å²) in [4.78, 5) is 14.2. The maximum absolute atomic E-state index is 5.00. The first kappa shape index (κ1) is 27.2. The van der Waals surface area contributed by atoms with Crippen LogP contribution in [0.5, 0.6) is 0 Å². The molecule has 0 aliphatic carbocycles. The van der Waals surface area contributed by atoms with Gasteiger partial charge in [0.05, 0.1) is 7.11 Å². The molecule has 0 unspecified atom stereocenters. The van der Waals surface area contributed by atoms with Crippen molar-refractivity contribution in [2.75, 3.05) is 47.4 Å². The van der Waals surface area contributed by atoms with Crippen molar-refractivity contribution in [1.29, 1.82) is 0 Å². The molecule has 0 bridgehead atoms. The lowest BCUT2D eigenvalue weighted by atomic mass is 10.1. The van der Waals surface area contributed by atoms with E-state index >= 15 is 0 Å². The summed E-state index contributed by atoms with van der Waals surface area (Å²) in [5.74, 6) is 0.792. The Bertz CT molecular complexity index is 331. The van der Waals surface area contributed by atoms with Gasteiger partial charge in [-0.3, -0.25) is 9.83 Å². The Morgan fingerprint density at radius 1 is 0.714 bits per heavy atom. The van der Waals surface area contributed by atoms with Gasteiger partial charge >= 0.3 is 0 Å². The number of hydrogen-bond donors (Lipinski definition) is 1. The first-order valence-corrected chi connectivity index (χ1v) is 11.9. The highest BCUT2D eigenvalue weighted by atomic mass is 16.6. The molecule has 0 spiro atoms. The van der Waals surface area contributed by atoms with Crippen molar-refractivity contribution in [1.82, 2.24) is 15.3 Å². The smallest absolute Gasteiger partial charge is 0.217 e. The lowest BCUT2D eigenvalue weighted by Gasteiger charge is -2.22. The normalized spacial score (nSPS) is 12.0. The highest BCUT2D eigenvalue weighted by molar-refractivity contribution is 5.78. The van der Waals surface area contributed by atoms with Gasteiger partial charge in [-0.15, -0.1) is 0 Å². The molecule has 0 amide bonds. The Kier molecular flexibility index (Phi) is 20.3. The minimum atomic E-state index is 0.792. The van der Waals surface area contributed by atoms with Crippen molar-refractivity contribution in [2.24, 2.45) is 4.99 Å². The zero-order chi connectivity index (χ0) is 20.9. The van der Waals surface area contributed by atoms with Crippen molar-refractivity contribution in [3.63, 3.8) is 0 Å². The van der Waals surface area contributed by atoms with Crippen LogP contribution in [0.2, 0.25) is 0 Å². The number of unbranched alkanes of at least 4 members (excludes halogenated alkanes) is 10. The molecule has 0 radical (unpaired) electrons.